The van der Waals surface area contributed by atoms with Gasteiger partial charge in [0.05, 0.1) is 0 Å². The zero-order valence-electron chi connectivity index (χ0n) is 14.4. The van der Waals surface area contributed by atoms with Crippen LogP contribution in [0, 0.1) is 20.8 Å². The summed E-state index contributed by atoms with van der Waals surface area (Å²) in [7, 11) is 0.192. The van der Waals surface area contributed by atoms with Crippen molar-refractivity contribution in [2.75, 3.05) is 0 Å². The predicted octanol–water partition coefficient (Wildman–Crippen LogP) is 5.05. The maximum absolute atomic E-state index is 12.8. The van der Waals surface area contributed by atoms with Gasteiger partial charge in [-0.15, -0.1) is 0 Å². The van der Waals surface area contributed by atoms with Gasteiger partial charge in [-0.05, 0) is 62.3 Å². The molecule has 0 spiro atoms. The molecule has 2 aromatic rings. The lowest BCUT2D eigenvalue weighted by Gasteiger charge is -2.22. The van der Waals surface area contributed by atoms with Gasteiger partial charge >= 0.3 is 0 Å². The first-order valence-corrected chi connectivity index (χ1v) is 8.69. The molecule has 0 saturated carbocycles. The van der Waals surface area contributed by atoms with Crippen molar-refractivity contribution >= 4 is 19.4 Å². The van der Waals surface area contributed by atoms with Crippen LogP contribution < -0.4 is 5.30 Å². The minimum Gasteiger partial charge on any atom is -0.289 e. The number of carbonyl (C=O) groups is 1. The third-order valence-electron chi connectivity index (χ3n) is 4.02. The van der Waals surface area contributed by atoms with Gasteiger partial charge in [-0.3, -0.25) is 4.79 Å². The Morgan fingerprint density at radius 2 is 1.45 bits per heavy atom. The Kier molecular flexibility index (Phi) is 4.87. The van der Waals surface area contributed by atoms with Crippen molar-refractivity contribution in [2.24, 2.45) is 0 Å². The molecule has 1 nitrogen and oxygen atoms in total. The number of hydrogen-bond donors (Lipinski definition) is 0. The van der Waals surface area contributed by atoms with E-state index in [0.717, 1.165) is 22.0 Å². The highest BCUT2D eigenvalue weighted by Crippen LogP contribution is 2.30. The molecule has 116 valence electrons. The summed E-state index contributed by atoms with van der Waals surface area (Å²) in [6.07, 6.45) is 0. The maximum atomic E-state index is 12.8. The van der Waals surface area contributed by atoms with E-state index in [-0.39, 0.29) is 19.5 Å². The second kappa shape index (κ2) is 6.34. The first-order chi connectivity index (χ1) is 10.2. The van der Waals surface area contributed by atoms with E-state index < -0.39 is 0 Å². The van der Waals surface area contributed by atoms with Gasteiger partial charge in [0.25, 0.3) is 0 Å². The monoisotopic (exact) mass is 312 g/mol. The van der Waals surface area contributed by atoms with Crippen LogP contribution in [0.1, 0.15) is 53.4 Å². The molecule has 2 rings (SSSR count). The van der Waals surface area contributed by atoms with E-state index in [1.54, 1.807) is 0 Å². The molecule has 0 aromatic heterocycles. The summed E-state index contributed by atoms with van der Waals surface area (Å²) >= 11 is 0. The number of aryl methyl sites for hydroxylation is 3. The molecule has 0 amide bonds. The quantitative estimate of drug-likeness (QED) is 0.725. The van der Waals surface area contributed by atoms with Gasteiger partial charge in [0.2, 0.25) is 0 Å². The fraction of sp³-hybridized carbons (Fsp3) is 0.350. The average Bonchev–Trinajstić information content (AvgIpc) is 2.39. The number of hydrogen-bond acceptors (Lipinski definition) is 1. The summed E-state index contributed by atoms with van der Waals surface area (Å²) in [4.78, 5) is 12.8. The van der Waals surface area contributed by atoms with Crippen molar-refractivity contribution in [2.45, 2.75) is 47.0 Å². The van der Waals surface area contributed by atoms with Crippen LogP contribution >= 0.6 is 8.58 Å². The van der Waals surface area contributed by atoms with Crippen LogP contribution in [0.25, 0.3) is 0 Å². The van der Waals surface area contributed by atoms with E-state index >= 15 is 0 Å². The molecule has 0 N–H and O–H groups in total. The Morgan fingerprint density at radius 1 is 0.909 bits per heavy atom. The summed E-state index contributed by atoms with van der Waals surface area (Å²) < 4.78 is 0. The smallest absolute Gasteiger partial charge is 0.186 e. The second-order valence-electron chi connectivity index (χ2n) is 7.00. The highest BCUT2D eigenvalue weighted by molar-refractivity contribution is 7.66. The Balaban J connectivity index is 2.37. The van der Waals surface area contributed by atoms with Crippen molar-refractivity contribution in [1.29, 1.82) is 0 Å². The Labute approximate surface area is 135 Å². The molecule has 0 aliphatic rings. The highest BCUT2D eigenvalue weighted by atomic mass is 31.1. The van der Waals surface area contributed by atoms with E-state index in [9.17, 15) is 4.79 Å². The van der Waals surface area contributed by atoms with Crippen LogP contribution in [0.15, 0.2) is 36.4 Å². The summed E-state index contributed by atoms with van der Waals surface area (Å²) in [5.41, 5.74) is 5.91. The zero-order chi connectivity index (χ0) is 16.5. The number of carbonyl (C=O) groups excluding carboxylic acids is 1. The normalized spacial score (nSPS) is 12.1. The minimum absolute atomic E-state index is 0.107. The Morgan fingerprint density at radius 3 is 1.95 bits per heavy atom. The zero-order valence-corrected chi connectivity index (χ0v) is 15.4. The molecule has 22 heavy (non-hydrogen) atoms. The van der Waals surface area contributed by atoms with E-state index in [0.29, 0.717) is 0 Å². The summed E-state index contributed by atoms with van der Waals surface area (Å²) in [5.74, 6) is 0. The van der Waals surface area contributed by atoms with Crippen LogP contribution in [0.4, 0.5) is 0 Å². The third-order valence-corrected chi connectivity index (χ3v) is 5.33. The predicted molar refractivity (Wildman–Crippen MR) is 98.1 cm³/mol. The van der Waals surface area contributed by atoms with Gasteiger partial charge in [0, 0.05) is 5.56 Å². The van der Waals surface area contributed by atoms with Gasteiger partial charge in [0.15, 0.2) is 5.52 Å². The SMILES string of the molecule is Cc1ccccc1PC(=O)c1c(C)cc(C(C)(C)C)cc1C. The van der Waals surface area contributed by atoms with Crippen LogP contribution in [0.5, 0.6) is 0 Å². The lowest BCUT2D eigenvalue weighted by molar-refractivity contribution is 0.108. The molecule has 2 heteroatoms. The maximum Gasteiger partial charge on any atom is 0.186 e. The van der Waals surface area contributed by atoms with Gasteiger partial charge < -0.3 is 0 Å². The van der Waals surface area contributed by atoms with E-state index in [1.165, 1.54) is 11.1 Å². The molecule has 0 fully saturated rings. The van der Waals surface area contributed by atoms with Crippen molar-refractivity contribution < 1.29 is 4.79 Å². The van der Waals surface area contributed by atoms with Gasteiger partial charge in [0.1, 0.15) is 0 Å². The summed E-state index contributed by atoms with van der Waals surface area (Å²) in [6, 6.07) is 12.5. The standard InChI is InChI=1S/C20H25OP/c1-13-9-7-8-10-17(13)22-19(21)18-14(2)11-16(12-15(18)3)20(4,5)6/h7-12,22H,1-6H3. The van der Waals surface area contributed by atoms with Gasteiger partial charge in [-0.25, -0.2) is 0 Å². The molecular formula is C20H25OP. The molecule has 1 atom stereocenters. The third kappa shape index (κ3) is 3.65. The van der Waals surface area contributed by atoms with Crippen LogP contribution in [-0.2, 0) is 5.41 Å². The average molecular weight is 312 g/mol. The molecule has 2 aromatic carbocycles. The van der Waals surface area contributed by atoms with Crippen molar-refractivity contribution in [3.63, 3.8) is 0 Å². The Bertz CT molecular complexity index is 685. The number of rotatable bonds is 3. The molecule has 0 heterocycles. The number of benzene rings is 2. The van der Waals surface area contributed by atoms with E-state index in [1.807, 2.05) is 12.1 Å². The topological polar surface area (TPSA) is 17.1 Å². The van der Waals surface area contributed by atoms with Gasteiger partial charge in [-0.1, -0.05) is 57.2 Å². The van der Waals surface area contributed by atoms with E-state index in [4.69, 9.17) is 0 Å². The van der Waals surface area contributed by atoms with Crippen molar-refractivity contribution in [3.8, 4) is 0 Å². The molecule has 1 unspecified atom stereocenters. The molecule has 0 aliphatic heterocycles. The van der Waals surface area contributed by atoms with Crippen LogP contribution in [0.2, 0.25) is 0 Å². The van der Waals surface area contributed by atoms with Crippen LogP contribution in [0.3, 0.4) is 0 Å². The fourth-order valence-electron chi connectivity index (χ4n) is 2.65. The highest BCUT2D eigenvalue weighted by Gasteiger charge is 2.19. The summed E-state index contributed by atoms with van der Waals surface area (Å²) in [6.45, 7) is 12.8. The first kappa shape index (κ1) is 16.9. The van der Waals surface area contributed by atoms with Crippen molar-refractivity contribution in [1.82, 2.24) is 0 Å². The van der Waals surface area contributed by atoms with Gasteiger partial charge in [-0.2, -0.15) is 0 Å². The molecular weight excluding hydrogens is 287 g/mol. The molecule has 0 radical (unpaired) electrons. The lowest BCUT2D eigenvalue weighted by Crippen LogP contribution is -2.14. The minimum atomic E-state index is 0.107. The molecule has 0 aliphatic carbocycles. The Hall–Kier alpha value is -1.46. The fourth-order valence-corrected chi connectivity index (χ4v) is 3.88. The first-order valence-electron chi connectivity index (χ1n) is 7.69. The van der Waals surface area contributed by atoms with Crippen molar-refractivity contribution in [3.05, 3.63) is 64.2 Å². The molecule has 0 bridgehead atoms. The largest absolute Gasteiger partial charge is 0.289 e. The van der Waals surface area contributed by atoms with E-state index in [2.05, 4.69) is 65.8 Å². The molecule has 0 saturated heterocycles. The lowest BCUT2D eigenvalue weighted by atomic mass is 9.84. The summed E-state index contributed by atoms with van der Waals surface area (Å²) in [5, 5.41) is 1.14. The van der Waals surface area contributed by atoms with Crippen LogP contribution in [-0.4, -0.2) is 5.52 Å². The second-order valence-corrected chi connectivity index (χ2v) is 8.25.